The molecule has 2 aromatic rings. The summed E-state index contributed by atoms with van der Waals surface area (Å²) in [4.78, 5) is 14.6. The molecule has 0 amide bonds. The van der Waals surface area contributed by atoms with E-state index in [0.29, 0.717) is 11.5 Å². The van der Waals surface area contributed by atoms with Gasteiger partial charge in [-0.1, -0.05) is 19.1 Å². The van der Waals surface area contributed by atoms with Gasteiger partial charge in [0.15, 0.2) is 0 Å². The average molecular weight is 243 g/mol. The van der Waals surface area contributed by atoms with E-state index in [1.54, 1.807) is 0 Å². The van der Waals surface area contributed by atoms with Crippen molar-refractivity contribution >= 4 is 5.97 Å². The number of carbonyl (C=O) groups is 1. The van der Waals surface area contributed by atoms with Gasteiger partial charge in [0, 0.05) is 6.20 Å². The third-order valence-corrected chi connectivity index (χ3v) is 2.53. The SMILES string of the molecule is CCc1ccc(Oc2cncc(C(=O)O)c2)cc1. The Balaban J connectivity index is 2.17. The van der Waals surface area contributed by atoms with Crippen molar-refractivity contribution in [2.75, 3.05) is 0 Å². The predicted octanol–water partition coefficient (Wildman–Crippen LogP) is 3.13. The standard InChI is InChI=1S/C14H13NO3/c1-2-10-3-5-12(6-4-10)18-13-7-11(14(16)17)8-15-9-13/h3-9H,2H2,1H3,(H,16,17). The van der Waals surface area contributed by atoms with Crippen LogP contribution in [0.4, 0.5) is 0 Å². The Morgan fingerprint density at radius 2 is 1.94 bits per heavy atom. The van der Waals surface area contributed by atoms with Gasteiger partial charge < -0.3 is 9.84 Å². The lowest BCUT2D eigenvalue weighted by atomic mass is 10.2. The van der Waals surface area contributed by atoms with Crippen molar-refractivity contribution in [3.05, 3.63) is 53.9 Å². The average Bonchev–Trinajstić information content (AvgIpc) is 2.40. The largest absolute Gasteiger partial charge is 0.478 e. The van der Waals surface area contributed by atoms with Crippen LogP contribution in [-0.2, 0) is 6.42 Å². The fraction of sp³-hybridized carbons (Fsp3) is 0.143. The molecule has 92 valence electrons. The van der Waals surface area contributed by atoms with E-state index in [1.807, 2.05) is 24.3 Å². The minimum atomic E-state index is -1.02. The Bertz CT molecular complexity index is 549. The zero-order chi connectivity index (χ0) is 13.0. The van der Waals surface area contributed by atoms with E-state index in [2.05, 4.69) is 11.9 Å². The second kappa shape index (κ2) is 5.31. The highest BCUT2D eigenvalue weighted by molar-refractivity contribution is 5.87. The number of aromatic nitrogens is 1. The number of carboxylic acid groups (broad SMARTS) is 1. The summed E-state index contributed by atoms with van der Waals surface area (Å²) in [6.07, 6.45) is 3.74. The summed E-state index contributed by atoms with van der Waals surface area (Å²) in [5.41, 5.74) is 1.33. The lowest BCUT2D eigenvalue weighted by molar-refractivity contribution is 0.0696. The summed E-state index contributed by atoms with van der Waals surface area (Å²) < 4.78 is 5.54. The first kappa shape index (κ1) is 12.1. The fourth-order valence-corrected chi connectivity index (χ4v) is 1.52. The van der Waals surface area contributed by atoms with Crippen molar-refractivity contribution in [2.24, 2.45) is 0 Å². The highest BCUT2D eigenvalue weighted by Gasteiger charge is 2.05. The highest BCUT2D eigenvalue weighted by Crippen LogP contribution is 2.21. The van der Waals surface area contributed by atoms with Crippen LogP contribution in [0.1, 0.15) is 22.8 Å². The van der Waals surface area contributed by atoms with Gasteiger partial charge in [-0.05, 0) is 30.2 Å². The molecule has 4 nitrogen and oxygen atoms in total. The van der Waals surface area contributed by atoms with E-state index < -0.39 is 5.97 Å². The van der Waals surface area contributed by atoms with Gasteiger partial charge in [-0.2, -0.15) is 0 Å². The van der Waals surface area contributed by atoms with Crippen molar-refractivity contribution < 1.29 is 14.6 Å². The van der Waals surface area contributed by atoms with Gasteiger partial charge in [-0.15, -0.1) is 0 Å². The quantitative estimate of drug-likeness (QED) is 0.896. The Kier molecular flexibility index (Phi) is 3.57. The van der Waals surface area contributed by atoms with E-state index in [1.165, 1.54) is 24.0 Å². The van der Waals surface area contributed by atoms with E-state index in [0.717, 1.165) is 6.42 Å². The van der Waals surface area contributed by atoms with E-state index in [4.69, 9.17) is 9.84 Å². The number of carboxylic acids is 1. The number of nitrogens with zero attached hydrogens (tertiary/aromatic N) is 1. The molecule has 0 atom stereocenters. The summed E-state index contributed by atoms with van der Waals surface area (Å²) in [5.74, 6) is 0.0602. The summed E-state index contributed by atoms with van der Waals surface area (Å²) in [5, 5.41) is 8.85. The van der Waals surface area contributed by atoms with Gasteiger partial charge in [0.2, 0.25) is 0 Å². The van der Waals surface area contributed by atoms with Gasteiger partial charge >= 0.3 is 5.97 Å². The van der Waals surface area contributed by atoms with Gasteiger partial charge in [-0.3, -0.25) is 4.98 Å². The van der Waals surface area contributed by atoms with Crippen LogP contribution in [0.5, 0.6) is 11.5 Å². The molecule has 1 N–H and O–H groups in total. The number of ether oxygens (including phenoxy) is 1. The number of pyridine rings is 1. The maximum absolute atomic E-state index is 10.8. The molecular weight excluding hydrogens is 230 g/mol. The van der Waals surface area contributed by atoms with Gasteiger partial charge in [0.05, 0.1) is 11.8 Å². The molecule has 0 aliphatic carbocycles. The molecule has 1 heterocycles. The van der Waals surface area contributed by atoms with Crippen LogP contribution in [-0.4, -0.2) is 16.1 Å². The number of rotatable bonds is 4. The van der Waals surface area contributed by atoms with Gasteiger partial charge in [-0.25, -0.2) is 4.79 Å². The second-order valence-electron chi connectivity index (χ2n) is 3.81. The lowest BCUT2D eigenvalue weighted by Crippen LogP contribution is -1.97. The van der Waals surface area contributed by atoms with Crippen molar-refractivity contribution in [3.8, 4) is 11.5 Å². The molecule has 1 aromatic heterocycles. The highest BCUT2D eigenvalue weighted by atomic mass is 16.5. The van der Waals surface area contributed by atoms with Gasteiger partial charge in [0.1, 0.15) is 11.5 Å². The first-order valence-electron chi connectivity index (χ1n) is 5.64. The maximum Gasteiger partial charge on any atom is 0.337 e. The first-order valence-corrected chi connectivity index (χ1v) is 5.64. The molecule has 0 saturated carbocycles. The van der Waals surface area contributed by atoms with E-state index >= 15 is 0 Å². The normalized spacial score (nSPS) is 10.1. The zero-order valence-electron chi connectivity index (χ0n) is 9.96. The topological polar surface area (TPSA) is 59.4 Å². The Labute approximate surface area is 105 Å². The van der Waals surface area contributed by atoms with Crippen LogP contribution in [0.3, 0.4) is 0 Å². The van der Waals surface area contributed by atoms with E-state index in [9.17, 15) is 4.79 Å². The zero-order valence-corrected chi connectivity index (χ0v) is 9.96. The molecule has 4 heteroatoms. The molecule has 0 aliphatic rings. The van der Waals surface area contributed by atoms with Gasteiger partial charge in [0.25, 0.3) is 0 Å². The molecule has 18 heavy (non-hydrogen) atoms. The minimum Gasteiger partial charge on any atom is -0.478 e. The van der Waals surface area contributed by atoms with Crippen molar-refractivity contribution in [1.82, 2.24) is 4.98 Å². The molecule has 0 fully saturated rings. The smallest absolute Gasteiger partial charge is 0.337 e. The Morgan fingerprint density at radius 3 is 2.56 bits per heavy atom. The minimum absolute atomic E-state index is 0.109. The molecule has 0 bridgehead atoms. The van der Waals surface area contributed by atoms with Crippen LogP contribution in [0.15, 0.2) is 42.7 Å². The number of hydrogen-bond acceptors (Lipinski definition) is 3. The van der Waals surface area contributed by atoms with E-state index in [-0.39, 0.29) is 5.56 Å². The number of benzene rings is 1. The Morgan fingerprint density at radius 1 is 1.22 bits per heavy atom. The Hall–Kier alpha value is -2.36. The molecule has 1 aromatic carbocycles. The molecule has 0 spiro atoms. The van der Waals surface area contributed by atoms with Crippen LogP contribution in [0.25, 0.3) is 0 Å². The summed E-state index contributed by atoms with van der Waals surface area (Å²) in [6, 6.07) is 9.11. The molecule has 0 radical (unpaired) electrons. The number of hydrogen-bond donors (Lipinski definition) is 1. The molecule has 0 unspecified atom stereocenters. The summed E-state index contributed by atoms with van der Waals surface area (Å²) in [6.45, 7) is 2.08. The first-order chi connectivity index (χ1) is 8.69. The van der Waals surface area contributed by atoms with Crippen molar-refractivity contribution in [2.45, 2.75) is 13.3 Å². The summed E-state index contributed by atoms with van der Waals surface area (Å²) in [7, 11) is 0. The van der Waals surface area contributed by atoms with Crippen LogP contribution in [0, 0.1) is 0 Å². The third kappa shape index (κ3) is 2.85. The van der Waals surface area contributed by atoms with Crippen molar-refractivity contribution in [3.63, 3.8) is 0 Å². The van der Waals surface area contributed by atoms with Crippen LogP contribution >= 0.6 is 0 Å². The molecule has 0 aliphatic heterocycles. The predicted molar refractivity (Wildman–Crippen MR) is 67.1 cm³/mol. The molecule has 2 rings (SSSR count). The number of aryl methyl sites for hydroxylation is 1. The van der Waals surface area contributed by atoms with Crippen LogP contribution in [0.2, 0.25) is 0 Å². The second-order valence-corrected chi connectivity index (χ2v) is 3.81. The molecular formula is C14H13NO3. The van der Waals surface area contributed by atoms with Crippen molar-refractivity contribution in [1.29, 1.82) is 0 Å². The molecule has 0 saturated heterocycles. The maximum atomic E-state index is 10.8. The lowest BCUT2D eigenvalue weighted by Gasteiger charge is -2.06. The van der Waals surface area contributed by atoms with Crippen LogP contribution < -0.4 is 4.74 Å². The monoisotopic (exact) mass is 243 g/mol. The number of aromatic carboxylic acids is 1. The fourth-order valence-electron chi connectivity index (χ4n) is 1.52. The third-order valence-electron chi connectivity index (χ3n) is 2.53. The summed E-state index contributed by atoms with van der Waals surface area (Å²) >= 11 is 0.